The molecule has 0 fully saturated rings. The van der Waals surface area contributed by atoms with Gasteiger partial charge < -0.3 is 24.5 Å². The minimum atomic E-state index is -1.02. The molecular weight excluding hydrogens is 337 g/mol. The lowest BCUT2D eigenvalue weighted by Gasteiger charge is -2.23. The maximum Gasteiger partial charge on any atom is 0.492 e. The summed E-state index contributed by atoms with van der Waals surface area (Å²) in [5.74, 6) is -0.575. The van der Waals surface area contributed by atoms with Crippen LogP contribution in [-0.2, 0) is 30.9 Å². The third kappa shape index (κ3) is 4.77. The Kier molecular flexibility index (Phi) is 5.68. The van der Waals surface area contributed by atoms with Gasteiger partial charge in [-0.05, 0) is 51.2 Å². The van der Waals surface area contributed by atoms with Crippen molar-refractivity contribution in [2.24, 2.45) is 0 Å². The second-order valence-electron chi connectivity index (χ2n) is 7.83. The highest BCUT2D eigenvalue weighted by atomic mass is 16.6. The van der Waals surface area contributed by atoms with Gasteiger partial charge in [0, 0.05) is 6.42 Å². The zero-order valence-corrected chi connectivity index (χ0v) is 16.1. The van der Waals surface area contributed by atoms with Gasteiger partial charge >= 0.3 is 19.2 Å². The standard InChI is InChI=1S/C18H26BNO6/c1-17(2,3)25-16(22)20-14(15(21)24-6)10-11-7-8-12-13(9-11)19(23)26-18(12,4)5/h7-9,14,23H,10H2,1-6H3,(H,20,22)/t14-/m0/s1. The number of ether oxygens (including phenoxy) is 2. The Balaban J connectivity index is 2.18. The predicted molar refractivity (Wildman–Crippen MR) is 97.0 cm³/mol. The average molecular weight is 363 g/mol. The van der Waals surface area contributed by atoms with Crippen LogP contribution in [0.15, 0.2) is 18.2 Å². The van der Waals surface area contributed by atoms with E-state index >= 15 is 0 Å². The summed E-state index contributed by atoms with van der Waals surface area (Å²) in [6.45, 7) is 8.97. The molecule has 7 nitrogen and oxygen atoms in total. The molecule has 0 spiro atoms. The van der Waals surface area contributed by atoms with Gasteiger partial charge in [-0.25, -0.2) is 9.59 Å². The van der Waals surface area contributed by atoms with Crippen LogP contribution in [0, 0.1) is 0 Å². The summed E-state index contributed by atoms with van der Waals surface area (Å²) in [4.78, 5) is 24.1. The van der Waals surface area contributed by atoms with Crippen LogP contribution in [0.4, 0.5) is 4.79 Å². The molecule has 1 aromatic carbocycles. The number of carbonyl (C=O) groups excluding carboxylic acids is 2. The van der Waals surface area contributed by atoms with Crippen molar-refractivity contribution in [3.8, 4) is 0 Å². The van der Waals surface area contributed by atoms with Gasteiger partial charge in [0.15, 0.2) is 0 Å². The largest absolute Gasteiger partial charge is 0.492 e. The lowest BCUT2D eigenvalue weighted by Crippen LogP contribution is -2.45. The first-order chi connectivity index (χ1) is 11.9. The van der Waals surface area contributed by atoms with Crippen LogP contribution in [0.2, 0.25) is 0 Å². The van der Waals surface area contributed by atoms with Gasteiger partial charge in [-0.1, -0.05) is 18.2 Å². The third-order valence-electron chi connectivity index (χ3n) is 4.05. The predicted octanol–water partition coefficient (Wildman–Crippen LogP) is 1.25. The molecule has 8 heteroatoms. The van der Waals surface area contributed by atoms with Gasteiger partial charge in [0.05, 0.1) is 12.7 Å². The minimum absolute atomic E-state index is 0.201. The van der Waals surface area contributed by atoms with E-state index in [1.54, 1.807) is 26.8 Å². The fraction of sp³-hybridized carbons (Fsp3) is 0.556. The maximum atomic E-state index is 12.1. The molecule has 0 saturated carbocycles. The van der Waals surface area contributed by atoms with E-state index in [0.717, 1.165) is 11.1 Å². The van der Waals surface area contributed by atoms with Crippen molar-refractivity contribution < 1.29 is 28.7 Å². The Bertz CT molecular complexity index is 697. The van der Waals surface area contributed by atoms with Crippen LogP contribution in [0.3, 0.4) is 0 Å². The number of nitrogens with one attached hydrogen (secondary N) is 1. The van der Waals surface area contributed by atoms with E-state index in [1.807, 2.05) is 26.0 Å². The summed E-state index contributed by atoms with van der Waals surface area (Å²) >= 11 is 0. The molecule has 142 valence electrons. The van der Waals surface area contributed by atoms with E-state index in [1.165, 1.54) is 7.11 Å². The van der Waals surface area contributed by atoms with Gasteiger partial charge in [0.1, 0.15) is 11.6 Å². The summed E-state index contributed by atoms with van der Waals surface area (Å²) in [6.07, 6.45) is -0.495. The van der Waals surface area contributed by atoms with E-state index in [4.69, 9.17) is 14.1 Å². The van der Waals surface area contributed by atoms with Gasteiger partial charge in [-0.2, -0.15) is 0 Å². The van der Waals surface area contributed by atoms with Crippen molar-refractivity contribution in [3.63, 3.8) is 0 Å². The topological polar surface area (TPSA) is 94.1 Å². The van der Waals surface area contributed by atoms with Crippen LogP contribution in [0.25, 0.3) is 0 Å². The molecule has 1 atom stereocenters. The fourth-order valence-corrected chi connectivity index (χ4v) is 2.92. The summed E-state index contributed by atoms with van der Waals surface area (Å²) in [7, 11) is 0.241. The highest BCUT2D eigenvalue weighted by molar-refractivity contribution is 6.62. The molecule has 0 radical (unpaired) electrons. The van der Waals surface area contributed by atoms with Crippen LogP contribution in [0.1, 0.15) is 45.7 Å². The number of fused-ring (bicyclic) bond motifs is 1. The molecule has 1 amide bonds. The normalized spacial score (nSPS) is 16.7. The summed E-state index contributed by atoms with van der Waals surface area (Å²) in [5, 5.41) is 12.6. The molecule has 1 aliphatic heterocycles. The lowest BCUT2D eigenvalue weighted by atomic mass is 9.77. The van der Waals surface area contributed by atoms with E-state index in [0.29, 0.717) is 5.46 Å². The number of esters is 1. The zero-order valence-electron chi connectivity index (χ0n) is 16.1. The molecule has 2 rings (SSSR count). The number of alkyl carbamates (subject to hydrolysis) is 1. The highest BCUT2D eigenvalue weighted by Crippen LogP contribution is 2.30. The molecule has 0 aromatic heterocycles. The summed E-state index contributed by atoms with van der Waals surface area (Å²) in [5.41, 5.74) is 1.06. The van der Waals surface area contributed by atoms with Crippen LogP contribution in [0.5, 0.6) is 0 Å². The van der Waals surface area contributed by atoms with Gasteiger partial charge in [-0.15, -0.1) is 0 Å². The van der Waals surface area contributed by atoms with Gasteiger partial charge in [0.25, 0.3) is 0 Å². The maximum absolute atomic E-state index is 12.1. The van der Waals surface area contributed by atoms with Crippen molar-refractivity contribution in [2.45, 2.75) is 58.3 Å². The Labute approximate surface area is 154 Å². The summed E-state index contributed by atoms with van der Waals surface area (Å²) < 4.78 is 15.5. The van der Waals surface area contributed by atoms with E-state index in [2.05, 4.69) is 5.32 Å². The molecular formula is C18H26BNO6. The van der Waals surface area contributed by atoms with Crippen molar-refractivity contribution in [3.05, 3.63) is 29.3 Å². The first-order valence-corrected chi connectivity index (χ1v) is 8.49. The van der Waals surface area contributed by atoms with Crippen molar-refractivity contribution in [1.82, 2.24) is 5.32 Å². The quantitative estimate of drug-likeness (QED) is 0.618. The highest BCUT2D eigenvalue weighted by Gasteiger charge is 2.40. The fourth-order valence-electron chi connectivity index (χ4n) is 2.92. The van der Waals surface area contributed by atoms with E-state index in [-0.39, 0.29) is 6.42 Å². The van der Waals surface area contributed by atoms with Crippen molar-refractivity contribution >= 4 is 24.6 Å². The smallest absolute Gasteiger partial charge is 0.467 e. The number of hydrogen-bond donors (Lipinski definition) is 2. The molecule has 26 heavy (non-hydrogen) atoms. The monoisotopic (exact) mass is 363 g/mol. The van der Waals surface area contributed by atoms with Gasteiger partial charge in [-0.3, -0.25) is 0 Å². The number of amides is 1. The number of hydrogen-bond acceptors (Lipinski definition) is 6. The Morgan fingerprint density at radius 2 is 2.00 bits per heavy atom. The number of benzene rings is 1. The van der Waals surface area contributed by atoms with Crippen molar-refractivity contribution in [2.75, 3.05) is 7.11 Å². The SMILES string of the molecule is COC(=O)[C@H](Cc1ccc2c(c1)B(O)OC2(C)C)NC(=O)OC(C)(C)C. The first-order valence-electron chi connectivity index (χ1n) is 8.49. The Morgan fingerprint density at radius 3 is 2.58 bits per heavy atom. The van der Waals surface area contributed by atoms with Crippen LogP contribution < -0.4 is 10.8 Å². The van der Waals surface area contributed by atoms with E-state index < -0.39 is 36.4 Å². The molecule has 0 unspecified atom stereocenters. The number of rotatable bonds is 4. The molecule has 1 aromatic rings. The zero-order chi connectivity index (χ0) is 19.7. The number of carbonyl (C=O) groups is 2. The molecule has 1 heterocycles. The minimum Gasteiger partial charge on any atom is -0.467 e. The Morgan fingerprint density at radius 1 is 1.35 bits per heavy atom. The second kappa shape index (κ2) is 7.29. The molecule has 1 aliphatic rings. The van der Waals surface area contributed by atoms with E-state index in [9.17, 15) is 14.6 Å². The number of methoxy groups -OCH3 is 1. The Hall–Kier alpha value is -2.06. The molecule has 0 aliphatic carbocycles. The first kappa shape index (κ1) is 20.3. The van der Waals surface area contributed by atoms with Gasteiger partial charge in [0.2, 0.25) is 0 Å². The lowest BCUT2D eigenvalue weighted by molar-refractivity contribution is -0.143. The summed E-state index contributed by atoms with van der Waals surface area (Å²) in [6, 6.07) is 4.58. The molecule has 0 bridgehead atoms. The third-order valence-corrected chi connectivity index (χ3v) is 4.05. The van der Waals surface area contributed by atoms with Crippen molar-refractivity contribution in [1.29, 1.82) is 0 Å². The second-order valence-corrected chi connectivity index (χ2v) is 7.83. The molecule has 0 saturated heterocycles. The molecule has 2 N–H and O–H groups in total. The average Bonchev–Trinajstić information content (AvgIpc) is 2.73. The van der Waals surface area contributed by atoms with Crippen LogP contribution in [-0.4, -0.2) is 43.0 Å². The van der Waals surface area contributed by atoms with Crippen LogP contribution >= 0.6 is 0 Å².